The lowest BCUT2D eigenvalue weighted by atomic mass is 9.97. The van der Waals surface area contributed by atoms with Crippen LogP contribution in [0, 0.1) is 6.92 Å². The Morgan fingerprint density at radius 2 is 1.80 bits per heavy atom. The van der Waals surface area contributed by atoms with Gasteiger partial charge in [0.25, 0.3) is 5.91 Å². The molecule has 1 heterocycles. The molecule has 0 saturated heterocycles. The van der Waals surface area contributed by atoms with Crippen molar-refractivity contribution >= 4 is 17.8 Å². The number of rotatable bonds is 4. The number of benzene rings is 1. The van der Waals surface area contributed by atoms with Gasteiger partial charge in [-0.25, -0.2) is 19.6 Å². The average Bonchev–Trinajstić information content (AvgIpc) is 3.10. The molecular formula is C22H25N3O5. The molecule has 0 saturated carbocycles. The molecule has 1 N–H and O–H groups in total. The fourth-order valence-corrected chi connectivity index (χ4v) is 3.51. The van der Waals surface area contributed by atoms with Crippen LogP contribution < -0.4 is 5.32 Å². The molecule has 1 aliphatic rings. The van der Waals surface area contributed by atoms with Crippen LogP contribution in [0.25, 0.3) is 0 Å². The zero-order valence-corrected chi connectivity index (χ0v) is 17.7. The second kappa shape index (κ2) is 8.22. The number of ether oxygens (including phenoxy) is 2. The van der Waals surface area contributed by atoms with Crippen molar-refractivity contribution in [2.75, 3.05) is 7.11 Å². The van der Waals surface area contributed by atoms with E-state index in [9.17, 15) is 14.4 Å². The summed E-state index contributed by atoms with van der Waals surface area (Å²) in [5, 5.41) is 2.95. The number of nitrogens with one attached hydrogen (secondary N) is 1. The largest absolute Gasteiger partial charge is 0.464 e. The molecule has 1 aliphatic carbocycles. The lowest BCUT2D eigenvalue weighted by molar-refractivity contribution is 0.00683. The standard InChI is InChI=1S/C22H25N3O5/c1-12-13-8-9-16(15(13)7-6-14(12)20(27)30-22(2,3)4)25-19(26)17-10-18(21(28)29-5)24-11-23-17/h6-7,10-11,16H,8-9H2,1-5H3,(H,25,26)/t16-/m0/s1. The molecule has 0 aliphatic heterocycles. The van der Waals surface area contributed by atoms with Gasteiger partial charge in [-0.2, -0.15) is 0 Å². The van der Waals surface area contributed by atoms with E-state index in [1.807, 2.05) is 33.8 Å². The SMILES string of the molecule is COC(=O)c1cc(C(=O)N[C@H]2CCc3c2ccc(C(=O)OC(C)(C)C)c3C)ncn1. The van der Waals surface area contributed by atoms with Gasteiger partial charge >= 0.3 is 11.9 Å². The van der Waals surface area contributed by atoms with E-state index < -0.39 is 17.5 Å². The van der Waals surface area contributed by atoms with E-state index in [-0.39, 0.29) is 23.4 Å². The van der Waals surface area contributed by atoms with Gasteiger partial charge in [0.15, 0.2) is 5.69 Å². The van der Waals surface area contributed by atoms with Gasteiger partial charge in [0.1, 0.15) is 17.6 Å². The number of aromatic nitrogens is 2. The molecule has 1 atom stereocenters. The third-order valence-electron chi connectivity index (χ3n) is 4.91. The third-order valence-corrected chi connectivity index (χ3v) is 4.91. The number of methoxy groups -OCH3 is 1. The third kappa shape index (κ3) is 4.48. The second-order valence-electron chi connectivity index (χ2n) is 8.15. The van der Waals surface area contributed by atoms with Gasteiger partial charge in [0.05, 0.1) is 18.7 Å². The molecule has 0 unspecified atom stereocenters. The summed E-state index contributed by atoms with van der Waals surface area (Å²) >= 11 is 0. The summed E-state index contributed by atoms with van der Waals surface area (Å²) in [5.74, 6) is -1.40. The van der Waals surface area contributed by atoms with Crippen molar-refractivity contribution in [3.8, 4) is 0 Å². The number of carbonyl (C=O) groups is 3. The lowest BCUT2D eigenvalue weighted by Crippen LogP contribution is -2.28. The molecule has 8 nitrogen and oxygen atoms in total. The predicted molar refractivity (Wildman–Crippen MR) is 108 cm³/mol. The smallest absolute Gasteiger partial charge is 0.356 e. The molecule has 2 aromatic rings. The Hall–Kier alpha value is -3.29. The molecule has 1 aromatic carbocycles. The van der Waals surface area contributed by atoms with Gasteiger partial charge in [-0.3, -0.25) is 4.79 Å². The summed E-state index contributed by atoms with van der Waals surface area (Å²) < 4.78 is 10.1. The van der Waals surface area contributed by atoms with Crippen LogP contribution in [0.1, 0.15) is 81.3 Å². The van der Waals surface area contributed by atoms with Crippen LogP contribution in [0.4, 0.5) is 0 Å². The highest BCUT2D eigenvalue weighted by atomic mass is 16.6. The molecule has 0 radical (unpaired) electrons. The van der Waals surface area contributed by atoms with Crippen molar-refractivity contribution < 1.29 is 23.9 Å². The van der Waals surface area contributed by atoms with E-state index in [1.165, 1.54) is 13.2 Å². The number of carbonyl (C=O) groups excluding carboxylic acids is 3. The Bertz CT molecular complexity index is 1010. The van der Waals surface area contributed by atoms with Gasteiger partial charge in [-0.15, -0.1) is 0 Å². The number of esters is 2. The predicted octanol–water partition coefficient (Wildman–Crippen LogP) is 2.94. The average molecular weight is 411 g/mol. The summed E-state index contributed by atoms with van der Waals surface area (Å²) in [6, 6.07) is 4.69. The number of amides is 1. The Morgan fingerprint density at radius 3 is 2.47 bits per heavy atom. The summed E-state index contributed by atoms with van der Waals surface area (Å²) in [4.78, 5) is 44.5. The van der Waals surface area contributed by atoms with Crippen LogP contribution in [0.3, 0.4) is 0 Å². The van der Waals surface area contributed by atoms with Crippen LogP contribution in [-0.2, 0) is 15.9 Å². The molecule has 1 amide bonds. The fraction of sp³-hybridized carbons (Fsp3) is 0.409. The summed E-state index contributed by atoms with van der Waals surface area (Å²) in [5.41, 5.74) is 2.95. The quantitative estimate of drug-likeness (QED) is 0.771. The minimum Gasteiger partial charge on any atom is -0.464 e. The number of hydrogen-bond donors (Lipinski definition) is 1. The number of nitrogens with zero attached hydrogens (tertiary/aromatic N) is 2. The van der Waals surface area contributed by atoms with Crippen LogP contribution in [-0.4, -0.2) is 40.5 Å². The highest BCUT2D eigenvalue weighted by Gasteiger charge is 2.29. The van der Waals surface area contributed by atoms with Crippen molar-refractivity contribution in [1.29, 1.82) is 0 Å². The van der Waals surface area contributed by atoms with Gasteiger partial charge in [-0.1, -0.05) is 6.07 Å². The minimum atomic E-state index is -0.636. The summed E-state index contributed by atoms with van der Waals surface area (Å²) in [7, 11) is 1.24. The molecule has 30 heavy (non-hydrogen) atoms. The van der Waals surface area contributed by atoms with E-state index in [4.69, 9.17) is 4.74 Å². The van der Waals surface area contributed by atoms with Gasteiger partial charge < -0.3 is 14.8 Å². The number of fused-ring (bicyclic) bond motifs is 1. The van der Waals surface area contributed by atoms with Crippen LogP contribution >= 0.6 is 0 Å². The first-order valence-electron chi connectivity index (χ1n) is 9.67. The molecule has 1 aromatic heterocycles. The fourth-order valence-electron chi connectivity index (χ4n) is 3.51. The van der Waals surface area contributed by atoms with Crippen molar-refractivity contribution in [2.45, 2.75) is 52.2 Å². The highest BCUT2D eigenvalue weighted by Crippen LogP contribution is 2.35. The van der Waals surface area contributed by atoms with E-state index >= 15 is 0 Å². The first-order valence-corrected chi connectivity index (χ1v) is 9.67. The highest BCUT2D eigenvalue weighted by molar-refractivity contribution is 5.96. The van der Waals surface area contributed by atoms with Crippen LogP contribution in [0.2, 0.25) is 0 Å². The Labute approximate surface area is 175 Å². The monoisotopic (exact) mass is 411 g/mol. The maximum atomic E-state index is 12.7. The lowest BCUT2D eigenvalue weighted by Gasteiger charge is -2.21. The first-order chi connectivity index (χ1) is 14.1. The Morgan fingerprint density at radius 1 is 1.10 bits per heavy atom. The van der Waals surface area contributed by atoms with Crippen molar-refractivity contribution in [1.82, 2.24) is 15.3 Å². The number of hydrogen-bond acceptors (Lipinski definition) is 7. The van der Waals surface area contributed by atoms with E-state index in [0.717, 1.165) is 29.4 Å². The van der Waals surface area contributed by atoms with Gasteiger partial charge in [0, 0.05) is 6.07 Å². The Balaban J connectivity index is 1.79. The zero-order chi connectivity index (χ0) is 22.1. The summed E-state index contributed by atoms with van der Waals surface area (Å²) in [6.07, 6.45) is 2.59. The molecule has 8 heteroatoms. The van der Waals surface area contributed by atoms with Crippen LogP contribution in [0.5, 0.6) is 0 Å². The maximum absolute atomic E-state index is 12.7. The normalized spacial score (nSPS) is 15.3. The Kier molecular flexibility index (Phi) is 5.87. The molecular weight excluding hydrogens is 386 g/mol. The zero-order valence-electron chi connectivity index (χ0n) is 17.7. The van der Waals surface area contributed by atoms with Gasteiger partial charge in [-0.05, 0) is 63.3 Å². The molecule has 0 spiro atoms. The van der Waals surface area contributed by atoms with Crippen molar-refractivity contribution in [2.24, 2.45) is 0 Å². The van der Waals surface area contributed by atoms with E-state index in [2.05, 4.69) is 20.0 Å². The second-order valence-corrected chi connectivity index (χ2v) is 8.15. The molecule has 0 fully saturated rings. The maximum Gasteiger partial charge on any atom is 0.356 e. The minimum absolute atomic E-state index is 0.0160. The topological polar surface area (TPSA) is 107 Å². The molecule has 0 bridgehead atoms. The first kappa shape index (κ1) is 21.4. The van der Waals surface area contributed by atoms with Gasteiger partial charge in [0.2, 0.25) is 0 Å². The van der Waals surface area contributed by atoms with Crippen molar-refractivity contribution in [3.63, 3.8) is 0 Å². The van der Waals surface area contributed by atoms with E-state index in [0.29, 0.717) is 12.0 Å². The molecule has 158 valence electrons. The van der Waals surface area contributed by atoms with Crippen LogP contribution in [0.15, 0.2) is 24.5 Å². The molecule has 3 rings (SSSR count). The van der Waals surface area contributed by atoms with E-state index in [1.54, 1.807) is 6.07 Å². The van der Waals surface area contributed by atoms with Crippen molar-refractivity contribution in [3.05, 3.63) is 58.2 Å². The summed E-state index contributed by atoms with van der Waals surface area (Å²) in [6.45, 7) is 7.39.